The van der Waals surface area contributed by atoms with Crippen LogP contribution >= 0.6 is 22.9 Å². The number of halogens is 1. The number of amides is 3. The number of anilines is 2. The SMILES string of the molecule is CC(C)(CN1C2CCC1c1sc(NC(=O)Nc3ccc(Cl)cc3)c(C(N)=O)c1C2)C(=O)O. The van der Waals surface area contributed by atoms with E-state index in [0.29, 0.717) is 34.2 Å². The van der Waals surface area contributed by atoms with Gasteiger partial charge in [-0.3, -0.25) is 19.8 Å². The molecule has 0 spiro atoms. The van der Waals surface area contributed by atoms with E-state index in [1.165, 1.54) is 11.3 Å². The van der Waals surface area contributed by atoms with Gasteiger partial charge in [-0.25, -0.2) is 4.79 Å². The first-order chi connectivity index (χ1) is 15.1. The lowest BCUT2D eigenvalue weighted by Crippen LogP contribution is -2.45. The molecule has 2 aliphatic rings. The van der Waals surface area contributed by atoms with Crippen LogP contribution in [0.2, 0.25) is 5.02 Å². The summed E-state index contributed by atoms with van der Waals surface area (Å²) in [5.74, 6) is -1.42. The summed E-state index contributed by atoms with van der Waals surface area (Å²) in [4.78, 5) is 39.8. The molecule has 2 atom stereocenters. The Hall–Kier alpha value is -2.62. The Bertz CT molecular complexity index is 1080. The molecule has 1 saturated heterocycles. The number of carboxylic acid groups (broad SMARTS) is 1. The van der Waals surface area contributed by atoms with Crippen molar-refractivity contribution >= 4 is 51.5 Å². The molecule has 1 aromatic heterocycles. The number of carbonyl (C=O) groups excluding carboxylic acids is 2. The van der Waals surface area contributed by atoms with Gasteiger partial charge < -0.3 is 16.2 Å². The Kier molecular flexibility index (Phi) is 5.91. The third-order valence-corrected chi connectivity index (χ3v) is 7.66. The highest BCUT2D eigenvalue weighted by Gasteiger charge is 2.46. The lowest BCUT2D eigenvalue weighted by Gasteiger charge is -2.38. The third kappa shape index (κ3) is 4.20. The average molecular weight is 477 g/mol. The molecule has 4 rings (SSSR count). The molecular formula is C22H25ClN4O4S. The van der Waals surface area contributed by atoms with Crippen molar-refractivity contribution in [1.82, 2.24) is 4.90 Å². The zero-order valence-electron chi connectivity index (χ0n) is 17.8. The Morgan fingerprint density at radius 3 is 2.53 bits per heavy atom. The van der Waals surface area contributed by atoms with Gasteiger partial charge in [0.2, 0.25) is 0 Å². The van der Waals surface area contributed by atoms with Crippen LogP contribution in [0.25, 0.3) is 0 Å². The number of hydrogen-bond acceptors (Lipinski definition) is 5. The number of urea groups is 1. The number of benzene rings is 1. The molecule has 170 valence electrons. The molecule has 5 N–H and O–H groups in total. The van der Waals surface area contributed by atoms with Crippen LogP contribution in [0.1, 0.15) is 53.5 Å². The first-order valence-corrected chi connectivity index (χ1v) is 11.5. The van der Waals surface area contributed by atoms with E-state index >= 15 is 0 Å². The topological polar surface area (TPSA) is 125 Å². The van der Waals surface area contributed by atoms with Crippen molar-refractivity contribution in [2.75, 3.05) is 17.2 Å². The van der Waals surface area contributed by atoms with Crippen LogP contribution in [0.4, 0.5) is 15.5 Å². The summed E-state index contributed by atoms with van der Waals surface area (Å²) >= 11 is 7.22. The van der Waals surface area contributed by atoms with E-state index in [2.05, 4.69) is 15.5 Å². The van der Waals surface area contributed by atoms with E-state index in [0.717, 1.165) is 23.3 Å². The second-order valence-corrected chi connectivity index (χ2v) is 10.4. The normalized spacial score (nSPS) is 20.0. The number of hydrogen-bond donors (Lipinski definition) is 4. The van der Waals surface area contributed by atoms with Gasteiger partial charge in [0.15, 0.2) is 0 Å². The molecule has 3 amide bonds. The summed E-state index contributed by atoms with van der Waals surface area (Å²) in [6.07, 6.45) is 2.42. The second-order valence-electron chi connectivity index (χ2n) is 8.91. The Labute approximate surface area is 194 Å². The molecule has 8 nitrogen and oxygen atoms in total. The summed E-state index contributed by atoms with van der Waals surface area (Å²) in [6, 6.07) is 6.37. The molecule has 2 aliphatic heterocycles. The lowest BCUT2D eigenvalue weighted by molar-refractivity contribution is -0.148. The molecule has 10 heteroatoms. The van der Waals surface area contributed by atoms with Crippen molar-refractivity contribution in [3.8, 4) is 0 Å². The van der Waals surface area contributed by atoms with Crippen LogP contribution in [-0.4, -0.2) is 40.5 Å². The largest absolute Gasteiger partial charge is 0.481 e. The van der Waals surface area contributed by atoms with Crippen molar-refractivity contribution in [3.63, 3.8) is 0 Å². The van der Waals surface area contributed by atoms with Gasteiger partial charge in [0.05, 0.1) is 11.0 Å². The number of nitrogens with two attached hydrogens (primary N) is 1. The fourth-order valence-electron chi connectivity index (χ4n) is 4.54. The molecule has 2 bridgehead atoms. The van der Waals surface area contributed by atoms with Gasteiger partial charge in [0.25, 0.3) is 5.91 Å². The number of nitrogens with one attached hydrogen (secondary N) is 2. The number of thiophene rings is 1. The molecule has 32 heavy (non-hydrogen) atoms. The smallest absolute Gasteiger partial charge is 0.324 e. The standard InChI is InChI=1S/C22H25ClN4O4S/c1-22(2,20(29)30)10-27-13-7-8-15(27)17-14(9-13)16(18(24)28)19(32-17)26-21(31)25-12-5-3-11(23)4-6-12/h3-6,13,15H,7-10H2,1-2H3,(H2,24,28)(H,29,30)(H2,25,26,31). The van der Waals surface area contributed by atoms with Crippen molar-refractivity contribution < 1.29 is 19.5 Å². The van der Waals surface area contributed by atoms with Crippen molar-refractivity contribution in [1.29, 1.82) is 0 Å². The first-order valence-electron chi connectivity index (χ1n) is 10.3. The number of primary amides is 1. The maximum absolute atomic E-state index is 12.6. The van der Waals surface area contributed by atoms with Crippen LogP contribution in [0.15, 0.2) is 24.3 Å². The van der Waals surface area contributed by atoms with Crippen LogP contribution in [-0.2, 0) is 11.2 Å². The Morgan fingerprint density at radius 2 is 1.91 bits per heavy atom. The maximum atomic E-state index is 12.6. The predicted octanol–water partition coefficient (Wildman–Crippen LogP) is 4.32. The van der Waals surface area contributed by atoms with E-state index in [9.17, 15) is 19.5 Å². The quantitative estimate of drug-likeness (QED) is 0.494. The zero-order chi connectivity index (χ0) is 23.2. The molecule has 0 saturated carbocycles. The molecular weight excluding hydrogens is 452 g/mol. The summed E-state index contributed by atoms with van der Waals surface area (Å²) in [6.45, 7) is 3.87. The van der Waals surface area contributed by atoms with E-state index in [1.807, 2.05) is 0 Å². The monoisotopic (exact) mass is 476 g/mol. The highest BCUT2D eigenvalue weighted by atomic mass is 35.5. The molecule has 2 aromatic rings. The number of aliphatic carboxylic acids is 1. The van der Waals surface area contributed by atoms with E-state index in [4.69, 9.17) is 17.3 Å². The predicted molar refractivity (Wildman–Crippen MR) is 125 cm³/mol. The van der Waals surface area contributed by atoms with E-state index in [1.54, 1.807) is 38.1 Å². The molecule has 1 aromatic carbocycles. The molecule has 1 fully saturated rings. The number of fused-ring (bicyclic) bond motifs is 4. The van der Waals surface area contributed by atoms with E-state index in [-0.39, 0.29) is 12.1 Å². The Balaban J connectivity index is 1.59. The minimum Gasteiger partial charge on any atom is -0.481 e. The third-order valence-electron chi connectivity index (χ3n) is 6.16. The summed E-state index contributed by atoms with van der Waals surface area (Å²) in [5.41, 5.74) is 6.61. The maximum Gasteiger partial charge on any atom is 0.324 e. The van der Waals surface area contributed by atoms with Gasteiger partial charge in [-0.15, -0.1) is 11.3 Å². The molecule has 2 unspecified atom stereocenters. The number of carboxylic acids is 1. The molecule has 3 heterocycles. The van der Waals surface area contributed by atoms with Crippen LogP contribution in [0.5, 0.6) is 0 Å². The minimum atomic E-state index is -0.887. The van der Waals surface area contributed by atoms with E-state index < -0.39 is 23.3 Å². The van der Waals surface area contributed by atoms with Crippen LogP contribution in [0, 0.1) is 5.41 Å². The summed E-state index contributed by atoms with van der Waals surface area (Å²) in [5, 5.41) is 16.0. The number of rotatable bonds is 6. The zero-order valence-corrected chi connectivity index (χ0v) is 19.3. The van der Waals surface area contributed by atoms with Crippen molar-refractivity contribution in [2.45, 2.75) is 45.2 Å². The number of nitrogens with zero attached hydrogens (tertiary/aromatic N) is 1. The minimum absolute atomic E-state index is 0.0142. The van der Waals surface area contributed by atoms with Gasteiger partial charge in [-0.2, -0.15) is 0 Å². The van der Waals surface area contributed by atoms with Gasteiger partial charge in [0.1, 0.15) is 5.00 Å². The average Bonchev–Trinajstić information content (AvgIpc) is 3.19. The first kappa shape index (κ1) is 22.6. The van der Waals surface area contributed by atoms with Gasteiger partial charge in [-0.05, 0) is 62.9 Å². The molecule has 0 aliphatic carbocycles. The summed E-state index contributed by atoms with van der Waals surface area (Å²) < 4.78 is 0. The van der Waals surface area contributed by atoms with Gasteiger partial charge in [0, 0.05) is 34.2 Å². The highest BCUT2D eigenvalue weighted by Crippen LogP contribution is 2.51. The van der Waals surface area contributed by atoms with Crippen LogP contribution < -0.4 is 16.4 Å². The van der Waals surface area contributed by atoms with Gasteiger partial charge >= 0.3 is 12.0 Å². The highest BCUT2D eigenvalue weighted by molar-refractivity contribution is 7.17. The summed E-state index contributed by atoms with van der Waals surface area (Å²) in [7, 11) is 0. The number of carbonyl (C=O) groups is 3. The lowest BCUT2D eigenvalue weighted by atomic mass is 9.89. The fourth-order valence-corrected chi connectivity index (χ4v) is 6.05. The van der Waals surface area contributed by atoms with Gasteiger partial charge in [-0.1, -0.05) is 11.6 Å². The molecule has 0 radical (unpaired) electrons. The van der Waals surface area contributed by atoms with Crippen LogP contribution in [0.3, 0.4) is 0 Å². The second kappa shape index (κ2) is 8.38. The fraction of sp³-hybridized carbons (Fsp3) is 0.409. The van der Waals surface area contributed by atoms with Crippen molar-refractivity contribution in [3.05, 3.63) is 45.3 Å². The Morgan fingerprint density at radius 1 is 1.22 bits per heavy atom. The van der Waals surface area contributed by atoms with Crippen molar-refractivity contribution in [2.24, 2.45) is 11.1 Å².